The first-order valence-electron chi connectivity index (χ1n) is 6.65. The molecule has 0 aromatic heterocycles. The Kier molecular flexibility index (Phi) is 8.42. The zero-order valence-electron chi connectivity index (χ0n) is 12.8. The van der Waals surface area contributed by atoms with Crippen LogP contribution in [0.5, 0.6) is 0 Å². The zero-order chi connectivity index (χ0) is 15.5. The van der Waals surface area contributed by atoms with Gasteiger partial charge in [-0.25, -0.2) is 12.7 Å². The minimum atomic E-state index is -3.48. The van der Waals surface area contributed by atoms with E-state index in [-0.39, 0.29) is 18.4 Å². The van der Waals surface area contributed by atoms with Gasteiger partial charge in [0.05, 0.1) is 4.90 Å². The molecule has 0 aliphatic carbocycles. The molecule has 1 aromatic rings. The van der Waals surface area contributed by atoms with Crippen molar-refractivity contribution < 1.29 is 8.42 Å². The number of nitrogens with zero attached hydrogens (tertiary/aromatic N) is 1. The highest BCUT2D eigenvalue weighted by atomic mass is 79.9. The van der Waals surface area contributed by atoms with Crippen molar-refractivity contribution in [2.45, 2.75) is 38.1 Å². The van der Waals surface area contributed by atoms with E-state index >= 15 is 0 Å². The Morgan fingerprint density at radius 1 is 1.33 bits per heavy atom. The van der Waals surface area contributed by atoms with E-state index in [2.05, 4.69) is 15.9 Å². The lowest BCUT2D eigenvalue weighted by atomic mass is 10.0. The number of hydrogen-bond donors (Lipinski definition) is 1. The molecule has 1 atom stereocenters. The van der Waals surface area contributed by atoms with E-state index in [9.17, 15) is 8.42 Å². The Morgan fingerprint density at radius 3 is 2.43 bits per heavy atom. The topological polar surface area (TPSA) is 63.4 Å². The maximum atomic E-state index is 12.5. The number of sulfonamides is 1. The van der Waals surface area contributed by atoms with Gasteiger partial charge in [0.1, 0.15) is 0 Å². The van der Waals surface area contributed by atoms with Gasteiger partial charge in [-0.3, -0.25) is 0 Å². The van der Waals surface area contributed by atoms with Crippen LogP contribution in [-0.2, 0) is 10.0 Å². The largest absolute Gasteiger partial charge is 0.327 e. The van der Waals surface area contributed by atoms with Crippen LogP contribution in [0, 0.1) is 12.8 Å². The molecular formula is C14H24BrClN2O2S. The normalized spacial score (nSPS) is 13.3. The summed E-state index contributed by atoms with van der Waals surface area (Å²) in [5, 5.41) is 0. The maximum absolute atomic E-state index is 12.5. The summed E-state index contributed by atoms with van der Waals surface area (Å²) < 4.78 is 27.1. The van der Waals surface area contributed by atoms with E-state index in [1.807, 2.05) is 26.8 Å². The van der Waals surface area contributed by atoms with Crippen LogP contribution in [0.15, 0.2) is 27.6 Å². The summed E-state index contributed by atoms with van der Waals surface area (Å²) in [5.74, 6) is 0.344. The Morgan fingerprint density at radius 2 is 1.90 bits per heavy atom. The second-order valence-electron chi connectivity index (χ2n) is 5.41. The van der Waals surface area contributed by atoms with Crippen molar-refractivity contribution in [2.24, 2.45) is 11.7 Å². The van der Waals surface area contributed by atoms with Crippen LogP contribution in [-0.4, -0.2) is 32.4 Å². The Hall–Kier alpha value is -0.140. The molecule has 1 rings (SSSR count). The average Bonchev–Trinajstić information content (AvgIpc) is 2.38. The fourth-order valence-electron chi connectivity index (χ4n) is 1.77. The van der Waals surface area contributed by atoms with Crippen LogP contribution in [0.4, 0.5) is 0 Å². The summed E-state index contributed by atoms with van der Waals surface area (Å²) in [6, 6.07) is 5.25. The SMILES string of the molecule is Cc1cccc(S(=O)(=O)N(C)CCC(N)C(C)C)c1Br.Cl. The highest BCUT2D eigenvalue weighted by molar-refractivity contribution is 9.10. The molecule has 4 nitrogen and oxygen atoms in total. The van der Waals surface area contributed by atoms with E-state index in [0.717, 1.165) is 5.56 Å². The summed E-state index contributed by atoms with van der Waals surface area (Å²) in [5.41, 5.74) is 6.87. The van der Waals surface area contributed by atoms with Crippen molar-refractivity contribution in [1.29, 1.82) is 0 Å². The Balaban J connectivity index is 0.00000400. The maximum Gasteiger partial charge on any atom is 0.243 e. The van der Waals surface area contributed by atoms with E-state index in [4.69, 9.17) is 5.73 Å². The molecular weight excluding hydrogens is 376 g/mol. The van der Waals surface area contributed by atoms with Crippen LogP contribution in [0.25, 0.3) is 0 Å². The predicted octanol–water partition coefficient (Wildman–Crippen LogP) is 3.17. The fraction of sp³-hybridized carbons (Fsp3) is 0.571. The van der Waals surface area contributed by atoms with Gasteiger partial charge in [0.25, 0.3) is 0 Å². The monoisotopic (exact) mass is 398 g/mol. The average molecular weight is 400 g/mol. The van der Waals surface area contributed by atoms with E-state index in [0.29, 0.717) is 28.3 Å². The second-order valence-corrected chi connectivity index (χ2v) is 8.22. The molecule has 0 amide bonds. The summed E-state index contributed by atoms with van der Waals surface area (Å²) in [7, 11) is -1.89. The summed E-state index contributed by atoms with van der Waals surface area (Å²) in [4.78, 5) is 0.304. The molecule has 0 spiro atoms. The number of aryl methyl sites for hydroxylation is 1. The van der Waals surface area contributed by atoms with Crippen LogP contribution in [0.2, 0.25) is 0 Å². The van der Waals surface area contributed by atoms with Gasteiger partial charge in [-0.1, -0.05) is 26.0 Å². The molecule has 1 unspecified atom stereocenters. The van der Waals surface area contributed by atoms with Gasteiger partial charge < -0.3 is 5.73 Å². The number of rotatable bonds is 6. The Labute approximate surface area is 142 Å². The van der Waals surface area contributed by atoms with Crippen molar-refractivity contribution in [3.8, 4) is 0 Å². The highest BCUT2D eigenvalue weighted by Crippen LogP contribution is 2.27. The van der Waals surface area contributed by atoms with Crippen LogP contribution in [0.1, 0.15) is 25.8 Å². The first-order chi connectivity index (χ1) is 9.17. The lowest BCUT2D eigenvalue weighted by Gasteiger charge is -2.22. The molecule has 2 N–H and O–H groups in total. The molecule has 0 saturated carbocycles. The molecule has 0 fully saturated rings. The Bertz CT molecular complexity index is 564. The lowest BCUT2D eigenvalue weighted by Crippen LogP contribution is -2.34. The van der Waals surface area contributed by atoms with E-state index < -0.39 is 10.0 Å². The standard InChI is InChI=1S/C14H23BrN2O2S.ClH/c1-10(2)12(16)8-9-17(4)20(18,19)13-7-5-6-11(3)14(13)15;/h5-7,10,12H,8-9,16H2,1-4H3;1H. The van der Waals surface area contributed by atoms with Gasteiger partial charge in [-0.05, 0) is 46.8 Å². The molecule has 122 valence electrons. The van der Waals surface area contributed by atoms with Gasteiger partial charge in [-0.2, -0.15) is 0 Å². The van der Waals surface area contributed by atoms with E-state index in [1.54, 1.807) is 19.2 Å². The molecule has 0 aliphatic heterocycles. The third-order valence-corrected chi connectivity index (χ3v) is 6.69. The van der Waals surface area contributed by atoms with Gasteiger partial charge in [0.2, 0.25) is 10.0 Å². The fourth-order valence-corrected chi connectivity index (χ4v) is 3.97. The molecule has 7 heteroatoms. The summed E-state index contributed by atoms with van der Waals surface area (Å²) >= 11 is 3.36. The van der Waals surface area contributed by atoms with Gasteiger partial charge in [0.15, 0.2) is 0 Å². The van der Waals surface area contributed by atoms with Gasteiger partial charge in [-0.15, -0.1) is 12.4 Å². The molecule has 0 saturated heterocycles. The summed E-state index contributed by atoms with van der Waals surface area (Å²) in [6.07, 6.45) is 0.650. The molecule has 0 radical (unpaired) electrons. The third-order valence-electron chi connectivity index (χ3n) is 3.48. The smallest absolute Gasteiger partial charge is 0.243 e. The van der Waals surface area contributed by atoms with Crippen molar-refractivity contribution >= 4 is 38.4 Å². The van der Waals surface area contributed by atoms with E-state index in [1.165, 1.54) is 4.31 Å². The number of benzene rings is 1. The molecule has 0 bridgehead atoms. The van der Waals surface area contributed by atoms with Crippen molar-refractivity contribution in [3.05, 3.63) is 28.2 Å². The van der Waals surface area contributed by atoms with Crippen molar-refractivity contribution in [2.75, 3.05) is 13.6 Å². The molecule has 1 aromatic carbocycles. The van der Waals surface area contributed by atoms with Crippen LogP contribution in [0.3, 0.4) is 0 Å². The van der Waals surface area contributed by atoms with Crippen LogP contribution < -0.4 is 5.73 Å². The van der Waals surface area contributed by atoms with Crippen LogP contribution >= 0.6 is 28.3 Å². The quantitative estimate of drug-likeness (QED) is 0.799. The first kappa shape index (κ1) is 20.9. The lowest BCUT2D eigenvalue weighted by molar-refractivity contribution is 0.397. The summed E-state index contributed by atoms with van der Waals surface area (Å²) in [6.45, 7) is 6.37. The van der Waals surface area contributed by atoms with Gasteiger partial charge in [0, 0.05) is 24.1 Å². The number of nitrogens with two attached hydrogens (primary N) is 1. The predicted molar refractivity (Wildman–Crippen MR) is 93.4 cm³/mol. The number of halogens is 2. The minimum Gasteiger partial charge on any atom is -0.327 e. The first-order valence-corrected chi connectivity index (χ1v) is 8.88. The minimum absolute atomic E-state index is 0. The third kappa shape index (κ3) is 5.21. The van der Waals surface area contributed by atoms with Gasteiger partial charge >= 0.3 is 0 Å². The molecule has 0 heterocycles. The second kappa shape index (κ2) is 8.48. The highest BCUT2D eigenvalue weighted by Gasteiger charge is 2.24. The number of hydrogen-bond acceptors (Lipinski definition) is 3. The molecule has 0 aliphatic rings. The van der Waals surface area contributed by atoms with Crippen molar-refractivity contribution in [1.82, 2.24) is 4.31 Å². The molecule has 21 heavy (non-hydrogen) atoms. The zero-order valence-corrected chi connectivity index (χ0v) is 16.1. The van der Waals surface area contributed by atoms with Crippen molar-refractivity contribution in [3.63, 3.8) is 0 Å².